The summed E-state index contributed by atoms with van der Waals surface area (Å²) in [5, 5.41) is 13.5. The highest BCUT2D eigenvalue weighted by Gasteiger charge is 2.30. The minimum atomic E-state index is -0.490. The van der Waals surface area contributed by atoms with Crippen LogP contribution in [0.25, 0.3) is 0 Å². The van der Waals surface area contributed by atoms with Crippen LogP contribution < -0.4 is 5.56 Å². The molecule has 1 unspecified atom stereocenters. The smallest absolute Gasteiger partial charge is 0.254 e. The van der Waals surface area contributed by atoms with Crippen molar-refractivity contribution in [1.82, 2.24) is 20.0 Å². The summed E-state index contributed by atoms with van der Waals surface area (Å²) in [5.41, 5.74) is -0.286. The second-order valence-corrected chi connectivity index (χ2v) is 6.90. The van der Waals surface area contributed by atoms with Gasteiger partial charge in [0.1, 0.15) is 0 Å². The van der Waals surface area contributed by atoms with E-state index in [-0.39, 0.29) is 23.3 Å². The minimum Gasteiger partial charge on any atom is -0.494 e. The van der Waals surface area contributed by atoms with Crippen molar-refractivity contribution in [3.05, 3.63) is 39.8 Å². The molecular formula is C17H20N4O4. The van der Waals surface area contributed by atoms with Crippen LogP contribution in [0.3, 0.4) is 0 Å². The minimum absolute atomic E-state index is 0.204. The van der Waals surface area contributed by atoms with Gasteiger partial charge in [-0.1, -0.05) is 5.16 Å². The molecule has 132 valence electrons. The van der Waals surface area contributed by atoms with Gasteiger partial charge in [-0.25, -0.2) is 0 Å². The number of carbonyl (C=O) groups is 1. The lowest BCUT2D eigenvalue weighted by Crippen LogP contribution is -2.40. The number of H-pyrrole nitrogens is 1. The normalized spacial score (nSPS) is 20.6. The number of piperidine rings is 1. The Morgan fingerprint density at radius 3 is 2.96 bits per heavy atom. The maximum absolute atomic E-state index is 12.6. The van der Waals surface area contributed by atoms with Crippen LogP contribution in [0.4, 0.5) is 0 Å². The molecule has 0 radical (unpaired) electrons. The SMILES string of the molecule is O=C(c1cc(O)[nH]c(=O)c1)N1CCCC(Cc2nc(C3CC3)no2)C1. The highest BCUT2D eigenvalue weighted by molar-refractivity contribution is 5.94. The molecule has 1 saturated heterocycles. The van der Waals surface area contributed by atoms with Gasteiger partial charge in [-0.3, -0.25) is 14.6 Å². The van der Waals surface area contributed by atoms with Crippen LogP contribution in [0.1, 0.15) is 53.7 Å². The molecule has 2 aromatic rings. The summed E-state index contributed by atoms with van der Waals surface area (Å²) in [6.07, 6.45) is 4.80. The van der Waals surface area contributed by atoms with Gasteiger partial charge >= 0.3 is 0 Å². The number of nitrogens with one attached hydrogen (secondary N) is 1. The van der Waals surface area contributed by atoms with Crippen molar-refractivity contribution in [2.45, 2.75) is 38.0 Å². The van der Waals surface area contributed by atoms with Gasteiger partial charge in [0.2, 0.25) is 5.89 Å². The molecule has 1 aliphatic heterocycles. The van der Waals surface area contributed by atoms with Gasteiger partial charge in [-0.15, -0.1) is 0 Å². The van der Waals surface area contributed by atoms with Gasteiger partial charge in [0.15, 0.2) is 11.7 Å². The lowest BCUT2D eigenvalue weighted by molar-refractivity contribution is 0.0667. The monoisotopic (exact) mass is 344 g/mol. The Balaban J connectivity index is 1.42. The van der Waals surface area contributed by atoms with E-state index in [1.165, 1.54) is 12.1 Å². The van der Waals surface area contributed by atoms with Gasteiger partial charge in [0.05, 0.1) is 5.56 Å². The number of aromatic nitrogens is 3. The molecular weight excluding hydrogens is 324 g/mol. The highest BCUT2D eigenvalue weighted by atomic mass is 16.5. The molecule has 0 spiro atoms. The van der Waals surface area contributed by atoms with E-state index in [1.54, 1.807) is 4.90 Å². The van der Waals surface area contributed by atoms with Crippen molar-refractivity contribution >= 4 is 5.91 Å². The highest BCUT2D eigenvalue weighted by Crippen LogP contribution is 2.38. The zero-order valence-electron chi connectivity index (χ0n) is 13.8. The summed E-state index contributed by atoms with van der Waals surface area (Å²) in [6, 6.07) is 2.50. The number of pyridine rings is 1. The fourth-order valence-corrected chi connectivity index (χ4v) is 3.36. The van der Waals surface area contributed by atoms with E-state index in [0.29, 0.717) is 31.3 Å². The average molecular weight is 344 g/mol. The van der Waals surface area contributed by atoms with Crippen molar-refractivity contribution in [2.75, 3.05) is 13.1 Å². The second kappa shape index (κ2) is 6.34. The third-order valence-electron chi connectivity index (χ3n) is 4.77. The Hall–Kier alpha value is -2.64. The van der Waals surface area contributed by atoms with E-state index < -0.39 is 5.56 Å². The Labute approximate surface area is 143 Å². The van der Waals surface area contributed by atoms with Crippen LogP contribution in [0, 0.1) is 5.92 Å². The number of carbonyl (C=O) groups excluding carboxylic acids is 1. The fraction of sp³-hybridized carbons (Fsp3) is 0.529. The molecule has 2 aromatic heterocycles. The van der Waals surface area contributed by atoms with E-state index in [2.05, 4.69) is 15.1 Å². The van der Waals surface area contributed by atoms with Crippen LogP contribution in [0.5, 0.6) is 5.88 Å². The van der Waals surface area contributed by atoms with E-state index in [9.17, 15) is 14.7 Å². The summed E-state index contributed by atoms with van der Waals surface area (Å²) in [4.78, 5) is 32.5. The quantitative estimate of drug-likeness (QED) is 0.868. The summed E-state index contributed by atoms with van der Waals surface area (Å²) in [7, 11) is 0. The zero-order valence-corrected chi connectivity index (χ0v) is 13.8. The first-order valence-electron chi connectivity index (χ1n) is 8.63. The molecule has 2 fully saturated rings. The lowest BCUT2D eigenvalue weighted by atomic mass is 9.94. The first-order valence-corrected chi connectivity index (χ1v) is 8.63. The Morgan fingerprint density at radius 1 is 1.36 bits per heavy atom. The number of amides is 1. The first-order chi connectivity index (χ1) is 12.1. The zero-order chi connectivity index (χ0) is 17.4. The summed E-state index contributed by atoms with van der Waals surface area (Å²) in [5.74, 6) is 1.61. The van der Waals surface area contributed by atoms with E-state index in [1.807, 2.05) is 0 Å². The maximum atomic E-state index is 12.6. The molecule has 4 rings (SSSR count). The standard InChI is InChI=1S/C17H20N4O4/c22-13-7-12(8-14(23)18-13)17(24)21-5-1-2-10(9-21)6-15-19-16(20-25-15)11-3-4-11/h7-8,10-11H,1-6,9H2,(H2,18,22,23). The maximum Gasteiger partial charge on any atom is 0.254 e. The fourth-order valence-electron chi connectivity index (χ4n) is 3.36. The molecule has 2 N–H and O–H groups in total. The summed E-state index contributed by atoms with van der Waals surface area (Å²) >= 11 is 0. The molecule has 1 amide bonds. The van der Waals surface area contributed by atoms with Crippen molar-refractivity contribution in [3.63, 3.8) is 0 Å². The number of nitrogens with zero attached hydrogens (tertiary/aromatic N) is 3. The molecule has 1 atom stereocenters. The lowest BCUT2D eigenvalue weighted by Gasteiger charge is -2.32. The molecule has 1 saturated carbocycles. The molecule has 0 aromatic carbocycles. The van der Waals surface area contributed by atoms with Crippen molar-refractivity contribution in [1.29, 1.82) is 0 Å². The molecule has 8 nitrogen and oxygen atoms in total. The predicted octanol–water partition coefficient (Wildman–Crippen LogP) is 1.44. The number of rotatable bonds is 4. The van der Waals surface area contributed by atoms with Crippen LogP contribution >= 0.6 is 0 Å². The second-order valence-electron chi connectivity index (χ2n) is 6.90. The van der Waals surface area contributed by atoms with Crippen molar-refractivity contribution in [3.8, 4) is 5.88 Å². The average Bonchev–Trinajstić information content (AvgIpc) is 3.34. The third-order valence-corrected chi connectivity index (χ3v) is 4.77. The molecule has 0 bridgehead atoms. The largest absolute Gasteiger partial charge is 0.494 e. The summed E-state index contributed by atoms with van der Waals surface area (Å²) < 4.78 is 5.34. The molecule has 8 heteroatoms. The van der Waals surface area contributed by atoms with Crippen LogP contribution in [-0.4, -0.2) is 44.1 Å². The first kappa shape index (κ1) is 15.9. The molecule has 25 heavy (non-hydrogen) atoms. The van der Waals surface area contributed by atoms with Gasteiger partial charge in [-0.2, -0.15) is 4.98 Å². The van der Waals surface area contributed by atoms with Crippen molar-refractivity contribution in [2.24, 2.45) is 5.92 Å². The van der Waals surface area contributed by atoms with Gasteiger partial charge in [0, 0.05) is 37.6 Å². The Kier molecular flexibility index (Phi) is 4.03. The number of hydrogen-bond acceptors (Lipinski definition) is 6. The van der Waals surface area contributed by atoms with Gasteiger partial charge in [0.25, 0.3) is 11.5 Å². The van der Waals surface area contributed by atoms with E-state index in [4.69, 9.17) is 4.52 Å². The van der Waals surface area contributed by atoms with Crippen molar-refractivity contribution < 1.29 is 14.4 Å². The van der Waals surface area contributed by atoms with Gasteiger partial charge < -0.3 is 14.5 Å². The van der Waals surface area contributed by atoms with Crippen LogP contribution in [0.2, 0.25) is 0 Å². The van der Waals surface area contributed by atoms with Crippen LogP contribution in [-0.2, 0) is 6.42 Å². The Bertz CT molecular complexity index is 839. The number of aromatic amines is 1. The predicted molar refractivity (Wildman–Crippen MR) is 87.3 cm³/mol. The van der Waals surface area contributed by atoms with E-state index in [0.717, 1.165) is 31.5 Å². The number of aromatic hydroxyl groups is 1. The van der Waals surface area contributed by atoms with E-state index >= 15 is 0 Å². The molecule has 2 aliphatic rings. The topological polar surface area (TPSA) is 112 Å². The van der Waals surface area contributed by atoms with Gasteiger partial charge in [-0.05, 0) is 31.6 Å². The number of likely N-dealkylation sites (tertiary alicyclic amines) is 1. The molecule has 3 heterocycles. The molecule has 1 aliphatic carbocycles. The number of hydrogen-bond donors (Lipinski definition) is 2. The van der Waals surface area contributed by atoms with Crippen LogP contribution in [0.15, 0.2) is 21.5 Å². The third kappa shape index (κ3) is 3.57. The summed E-state index contributed by atoms with van der Waals surface area (Å²) in [6.45, 7) is 1.22. The Morgan fingerprint density at radius 2 is 2.20 bits per heavy atom.